The maximum Gasteiger partial charge on any atom is 0.245 e. The van der Waals surface area contributed by atoms with E-state index in [9.17, 15) is 27.2 Å². The number of carbonyl (C=O) groups excluding carboxylic acids is 3. The second kappa shape index (κ2) is 17.1. The van der Waals surface area contributed by atoms with Crippen LogP contribution in [-0.4, -0.2) is 78.0 Å². The summed E-state index contributed by atoms with van der Waals surface area (Å²) in [5.74, 6) is -0.679. The van der Waals surface area contributed by atoms with E-state index in [1.807, 2.05) is 42.7 Å². The number of allylic oxidation sites excluding steroid dienone is 2. The van der Waals surface area contributed by atoms with Crippen LogP contribution >= 0.6 is 11.3 Å². The summed E-state index contributed by atoms with van der Waals surface area (Å²) >= 11 is 1.49. The van der Waals surface area contributed by atoms with Crippen molar-refractivity contribution in [2.45, 2.75) is 121 Å². The third-order valence-electron chi connectivity index (χ3n) is 12.6. The smallest absolute Gasteiger partial charge is 0.245 e. The van der Waals surface area contributed by atoms with Crippen LogP contribution in [0.1, 0.15) is 101 Å². The summed E-state index contributed by atoms with van der Waals surface area (Å²) < 4.78 is 55.5. The number of pyridine rings is 1. The lowest BCUT2D eigenvalue weighted by molar-refractivity contribution is -0.139. The Morgan fingerprint density at radius 2 is 1.84 bits per heavy atom. The zero-order valence-corrected chi connectivity index (χ0v) is 37.0. The Kier molecular flexibility index (Phi) is 12.0. The average Bonchev–Trinajstić information content (AvgIpc) is 4.08. The molecule has 2 N–H and O–H groups in total. The maximum absolute atomic E-state index is 14.9. The zero-order valence-electron chi connectivity index (χ0n) is 35.3. The van der Waals surface area contributed by atoms with Crippen LogP contribution in [0.3, 0.4) is 0 Å². The van der Waals surface area contributed by atoms with Gasteiger partial charge in [-0.1, -0.05) is 38.8 Å². The molecular weight excluding hydrogens is 818 g/mol. The number of ether oxygens (including phenoxy) is 2. The number of thiazole rings is 1. The molecule has 15 heteroatoms. The molecule has 2 aliphatic carbocycles. The molecule has 4 heterocycles. The van der Waals surface area contributed by atoms with Crippen molar-refractivity contribution >= 4 is 55.5 Å². The van der Waals surface area contributed by atoms with Crippen molar-refractivity contribution in [3.63, 3.8) is 0 Å². The van der Waals surface area contributed by atoms with E-state index < -0.39 is 50.6 Å². The Morgan fingerprint density at radius 1 is 1.03 bits per heavy atom. The van der Waals surface area contributed by atoms with Crippen molar-refractivity contribution in [2.24, 2.45) is 11.3 Å². The minimum atomic E-state index is -3.87. The van der Waals surface area contributed by atoms with Gasteiger partial charge in [0.1, 0.15) is 40.2 Å². The van der Waals surface area contributed by atoms with Crippen LogP contribution in [0.15, 0.2) is 53.9 Å². The number of aryl methyl sites for hydroxylation is 2. The fraction of sp³-hybridized carbons (Fsp3) is 0.500. The van der Waals surface area contributed by atoms with Crippen LogP contribution in [0.25, 0.3) is 21.6 Å². The molecule has 0 radical (unpaired) electrons. The van der Waals surface area contributed by atoms with Gasteiger partial charge in [0.25, 0.3) is 0 Å². The topological polar surface area (TPSA) is 157 Å². The number of hydrogen-bond donors (Lipinski definition) is 2. The predicted octanol–water partition coefficient (Wildman–Crippen LogP) is 8.17. The first-order valence-corrected chi connectivity index (χ1v) is 23.8. The third-order valence-corrected chi connectivity index (χ3v) is 15.3. The highest BCUT2D eigenvalue weighted by molar-refractivity contribution is 7.90. The number of carbonyl (C=O) groups is 3. The lowest BCUT2D eigenvalue weighted by Crippen LogP contribution is -2.49. The summed E-state index contributed by atoms with van der Waals surface area (Å²) in [6, 6.07) is 8.41. The van der Waals surface area contributed by atoms with E-state index >= 15 is 0 Å². The summed E-state index contributed by atoms with van der Waals surface area (Å²) in [6.45, 7) is 7.95. The molecule has 5 atom stereocenters. The number of rotatable bonds is 10. The molecule has 4 aliphatic rings. The predicted molar refractivity (Wildman–Crippen MR) is 234 cm³/mol. The quantitative estimate of drug-likeness (QED) is 0.149. The normalized spacial score (nSPS) is 25.3. The highest BCUT2D eigenvalue weighted by atomic mass is 32.2. The van der Waals surface area contributed by atoms with Gasteiger partial charge in [-0.3, -0.25) is 19.1 Å². The number of nitrogens with one attached hydrogen (secondary N) is 2. The van der Waals surface area contributed by atoms with Gasteiger partial charge in [0.2, 0.25) is 21.8 Å². The number of anilines is 1. The molecule has 2 aromatic heterocycles. The standard InChI is InChI=1S/C46H54FN5O7S2/c1-26(2)37-25-60-43(50-37)36-21-41(34-15-16-40(58-5)28(4)42(34)49-36)59-32-20-38-39(53)23-46(45(55)51-61(56,57)33-13-14-33)22-29(46)11-9-7-6-8-10-12-35(44(54)52(38)24-32)48-31-18-27(3)17-30(47)19-31/h9,11,15-19,21,25-26,29,32-33,35,38,48H,6-8,10,12-14,20,22-24H2,1-5H3,(H,51,55)/b11-9-/t29-,32-,35+,38+,46-/m1/s1. The number of sulfonamides is 1. The molecule has 2 aromatic carbocycles. The molecule has 61 heavy (non-hydrogen) atoms. The largest absolute Gasteiger partial charge is 0.496 e. The van der Waals surface area contributed by atoms with E-state index in [2.05, 4.69) is 23.9 Å². The second-order valence-electron chi connectivity index (χ2n) is 17.6. The number of ketones is 1. The summed E-state index contributed by atoms with van der Waals surface area (Å²) in [5, 5.41) is 6.18. The number of hydrogen-bond acceptors (Lipinski definition) is 11. The van der Waals surface area contributed by atoms with Gasteiger partial charge in [0.05, 0.1) is 41.6 Å². The van der Waals surface area contributed by atoms with Gasteiger partial charge in [0.15, 0.2) is 5.78 Å². The van der Waals surface area contributed by atoms with Crippen molar-refractivity contribution in [1.82, 2.24) is 19.6 Å². The van der Waals surface area contributed by atoms with Crippen LogP contribution in [0.2, 0.25) is 0 Å². The first-order valence-electron chi connectivity index (χ1n) is 21.4. The molecule has 0 unspecified atom stereocenters. The Bertz CT molecular complexity index is 2480. The van der Waals surface area contributed by atoms with Crippen LogP contribution < -0.4 is 19.5 Å². The number of methoxy groups -OCH3 is 1. The number of fused-ring (bicyclic) bond motifs is 3. The van der Waals surface area contributed by atoms with E-state index in [0.29, 0.717) is 66.1 Å². The van der Waals surface area contributed by atoms with Gasteiger partial charge < -0.3 is 19.7 Å². The van der Waals surface area contributed by atoms with Crippen LogP contribution in [-0.2, 0) is 24.4 Å². The van der Waals surface area contributed by atoms with Crippen molar-refractivity contribution in [2.75, 3.05) is 19.0 Å². The van der Waals surface area contributed by atoms with Gasteiger partial charge in [-0.15, -0.1) is 11.3 Å². The van der Waals surface area contributed by atoms with E-state index in [4.69, 9.17) is 19.4 Å². The second-order valence-corrected chi connectivity index (χ2v) is 20.4. The molecule has 12 nitrogen and oxygen atoms in total. The number of halogens is 1. The average molecular weight is 872 g/mol. The van der Waals surface area contributed by atoms with E-state index in [0.717, 1.165) is 40.9 Å². The molecule has 324 valence electrons. The molecule has 2 aliphatic heterocycles. The molecule has 2 saturated carbocycles. The first kappa shape index (κ1) is 42.8. The van der Waals surface area contributed by atoms with Gasteiger partial charge >= 0.3 is 0 Å². The fourth-order valence-electron chi connectivity index (χ4n) is 8.87. The molecule has 8 rings (SSSR count). The Labute approximate surface area is 360 Å². The van der Waals surface area contributed by atoms with Gasteiger partial charge in [-0.25, -0.2) is 22.8 Å². The van der Waals surface area contributed by atoms with Gasteiger partial charge in [-0.05, 0) is 100 Å². The SMILES string of the molecule is COc1ccc2c(O[C@@H]3C[C@H]4C(=O)C[C@]5(C(=O)NS(=O)(=O)C6CC6)C[C@H]5/C=C\CCCCC[C@H](Nc5cc(C)cc(F)c5)C(=O)N4C3)cc(-c3nc(C(C)C)cs3)nc2c1C. The lowest BCUT2D eigenvalue weighted by Gasteiger charge is -2.30. The van der Waals surface area contributed by atoms with Gasteiger partial charge in [0, 0.05) is 40.9 Å². The molecule has 2 amide bonds. The van der Waals surface area contributed by atoms with E-state index in [1.54, 1.807) is 25.0 Å². The Balaban J connectivity index is 1.16. The Hall–Kier alpha value is -4.89. The molecule has 4 aromatic rings. The number of nitrogens with zero attached hydrogens (tertiary/aromatic N) is 3. The highest BCUT2D eigenvalue weighted by Crippen LogP contribution is 2.57. The molecule has 1 saturated heterocycles. The number of Topliss-reactive ketones (excluding diaryl/α,β-unsaturated/α-hetero) is 1. The fourth-order valence-corrected chi connectivity index (χ4v) is 11.2. The third kappa shape index (κ3) is 9.04. The number of aromatic nitrogens is 2. The summed E-state index contributed by atoms with van der Waals surface area (Å²) in [4.78, 5) is 55.2. The summed E-state index contributed by atoms with van der Waals surface area (Å²) in [6.07, 6.45) is 8.09. The summed E-state index contributed by atoms with van der Waals surface area (Å²) in [5.41, 5.74) is 2.96. The van der Waals surface area contributed by atoms with Crippen LogP contribution in [0.4, 0.5) is 10.1 Å². The minimum Gasteiger partial charge on any atom is -0.496 e. The minimum absolute atomic E-state index is 0.0667. The zero-order chi connectivity index (χ0) is 43.2. The van der Waals surface area contributed by atoms with Crippen LogP contribution in [0, 0.1) is 31.0 Å². The summed E-state index contributed by atoms with van der Waals surface area (Å²) in [7, 11) is -2.26. The number of amides is 2. The van der Waals surface area contributed by atoms with Crippen molar-refractivity contribution < 1.29 is 36.7 Å². The van der Waals surface area contributed by atoms with E-state index in [1.165, 1.54) is 23.5 Å². The monoisotopic (exact) mass is 871 g/mol. The maximum atomic E-state index is 14.9. The van der Waals surface area contributed by atoms with Crippen molar-refractivity contribution in [3.8, 4) is 22.2 Å². The van der Waals surface area contributed by atoms with Crippen molar-refractivity contribution in [3.05, 3.63) is 76.6 Å². The molecule has 0 bridgehead atoms. The molecule has 0 spiro atoms. The van der Waals surface area contributed by atoms with Gasteiger partial charge in [-0.2, -0.15) is 0 Å². The van der Waals surface area contributed by atoms with Crippen LogP contribution in [0.5, 0.6) is 11.5 Å². The molecular formula is C46H54FN5O7S2. The van der Waals surface area contributed by atoms with E-state index in [-0.39, 0.29) is 42.9 Å². The molecule has 3 fully saturated rings. The van der Waals surface area contributed by atoms with Crippen molar-refractivity contribution in [1.29, 1.82) is 0 Å². The lowest BCUT2D eigenvalue weighted by atomic mass is 9.91. The number of benzene rings is 2. The highest BCUT2D eigenvalue weighted by Gasteiger charge is 2.61. The Morgan fingerprint density at radius 3 is 2.56 bits per heavy atom. The first-order chi connectivity index (χ1) is 29.1.